The summed E-state index contributed by atoms with van der Waals surface area (Å²) in [7, 11) is 0. The molecule has 1 aliphatic carbocycles. The van der Waals surface area contributed by atoms with Crippen molar-refractivity contribution in [2.24, 2.45) is 5.92 Å². The van der Waals surface area contributed by atoms with Crippen LogP contribution in [0.15, 0.2) is 0 Å². The van der Waals surface area contributed by atoms with Crippen LogP contribution >= 0.6 is 0 Å². The van der Waals surface area contributed by atoms with E-state index in [0.717, 1.165) is 31.8 Å². The molecule has 0 spiro atoms. The van der Waals surface area contributed by atoms with Gasteiger partial charge in [-0.25, -0.2) is 0 Å². The molecule has 2 rings (SSSR count). The smallest absolute Gasteiger partial charge is 0.237 e. The lowest BCUT2D eigenvalue weighted by Gasteiger charge is -2.27. The first-order chi connectivity index (χ1) is 6.86. The van der Waals surface area contributed by atoms with Crippen molar-refractivity contribution in [2.75, 3.05) is 13.1 Å². The van der Waals surface area contributed by atoms with E-state index in [2.05, 4.69) is 10.6 Å². The van der Waals surface area contributed by atoms with E-state index >= 15 is 0 Å². The molecule has 0 radical (unpaired) electrons. The Morgan fingerprint density at radius 3 is 2.79 bits per heavy atom. The standard InChI is InChI=1S/C11H20N2O/c14-11-10(6-1-2-7-12-11)13-8-9-4-3-5-9/h9-10,13H,1-8H2,(H,12,14). The molecule has 0 aromatic heterocycles. The summed E-state index contributed by atoms with van der Waals surface area (Å²) in [5.74, 6) is 1.05. The molecule has 1 atom stereocenters. The average Bonchev–Trinajstić information content (AvgIpc) is 2.29. The third-order valence-electron chi connectivity index (χ3n) is 3.41. The molecule has 1 saturated carbocycles. The lowest BCUT2D eigenvalue weighted by Crippen LogP contribution is -2.45. The lowest BCUT2D eigenvalue weighted by molar-refractivity contribution is -0.122. The van der Waals surface area contributed by atoms with Crippen LogP contribution in [-0.2, 0) is 4.79 Å². The third kappa shape index (κ3) is 2.47. The van der Waals surface area contributed by atoms with Crippen LogP contribution in [0.1, 0.15) is 38.5 Å². The van der Waals surface area contributed by atoms with E-state index in [9.17, 15) is 4.79 Å². The highest BCUT2D eigenvalue weighted by molar-refractivity contribution is 5.81. The minimum Gasteiger partial charge on any atom is -0.355 e. The minimum absolute atomic E-state index is 0.0816. The Balaban J connectivity index is 1.73. The Labute approximate surface area is 85.6 Å². The molecule has 0 bridgehead atoms. The molecule has 14 heavy (non-hydrogen) atoms. The van der Waals surface area contributed by atoms with Crippen molar-refractivity contribution >= 4 is 5.91 Å². The van der Waals surface area contributed by atoms with Gasteiger partial charge in [0, 0.05) is 6.54 Å². The molecule has 1 aliphatic heterocycles. The second kappa shape index (κ2) is 4.78. The summed E-state index contributed by atoms with van der Waals surface area (Å²) in [5, 5.41) is 6.35. The van der Waals surface area contributed by atoms with E-state index < -0.39 is 0 Å². The summed E-state index contributed by atoms with van der Waals surface area (Å²) in [4.78, 5) is 11.6. The summed E-state index contributed by atoms with van der Waals surface area (Å²) in [6.07, 6.45) is 7.39. The zero-order valence-corrected chi connectivity index (χ0v) is 8.72. The van der Waals surface area contributed by atoms with Gasteiger partial charge in [0.05, 0.1) is 6.04 Å². The van der Waals surface area contributed by atoms with E-state index in [1.807, 2.05) is 0 Å². The minimum atomic E-state index is 0.0816. The molecule has 0 aromatic carbocycles. The average molecular weight is 196 g/mol. The summed E-state index contributed by atoms with van der Waals surface area (Å²) in [6, 6.07) is 0.0816. The van der Waals surface area contributed by atoms with Crippen LogP contribution < -0.4 is 10.6 Å². The number of hydrogen-bond donors (Lipinski definition) is 2. The molecule has 1 saturated heterocycles. The maximum absolute atomic E-state index is 11.6. The molecule has 3 nitrogen and oxygen atoms in total. The second-order valence-corrected chi connectivity index (χ2v) is 4.54. The highest BCUT2D eigenvalue weighted by Crippen LogP contribution is 2.25. The van der Waals surface area contributed by atoms with Gasteiger partial charge in [-0.2, -0.15) is 0 Å². The lowest BCUT2D eigenvalue weighted by atomic mass is 9.85. The van der Waals surface area contributed by atoms with Crippen LogP contribution in [0, 0.1) is 5.92 Å². The van der Waals surface area contributed by atoms with Crippen molar-refractivity contribution in [1.82, 2.24) is 10.6 Å². The van der Waals surface area contributed by atoms with Gasteiger partial charge in [0.15, 0.2) is 0 Å². The van der Waals surface area contributed by atoms with Crippen molar-refractivity contribution in [2.45, 2.75) is 44.6 Å². The van der Waals surface area contributed by atoms with Gasteiger partial charge in [-0.1, -0.05) is 6.42 Å². The molecule has 1 amide bonds. The number of amides is 1. The summed E-state index contributed by atoms with van der Waals surface area (Å²) in [5.41, 5.74) is 0. The second-order valence-electron chi connectivity index (χ2n) is 4.54. The Kier molecular flexibility index (Phi) is 3.40. The predicted octanol–water partition coefficient (Wildman–Crippen LogP) is 1.04. The van der Waals surface area contributed by atoms with Crippen LogP contribution in [0.3, 0.4) is 0 Å². The Bertz CT molecular complexity index is 201. The number of hydrogen-bond acceptors (Lipinski definition) is 2. The predicted molar refractivity (Wildman–Crippen MR) is 56.0 cm³/mol. The summed E-state index contributed by atoms with van der Waals surface area (Å²) < 4.78 is 0. The third-order valence-corrected chi connectivity index (χ3v) is 3.41. The molecule has 1 unspecified atom stereocenters. The monoisotopic (exact) mass is 196 g/mol. The van der Waals surface area contributed by atoms with Crippen LogP contribution in [0.2, 0.25) is 0 Å². The molecular formula is C11H20N2O. The SMILES string of the molecule is O=C1NCCCCC1NCC1CCC1. The largest absolute Gasteiger partial charge is 0.355 e. The normalized spacial score (nSPS) is 29.1. The molecular weight excluding hydrogens is 176 g/mol. The first-order valence-corrected chi connectivity index (χ1v) is 5.87. The van der Waals surface area contributed by atoms with Crippen molar-refractivity contribution in [3.05, 3.63) is 0 Å². The molecule has 0 aromatic rings. The molecule has 2 fully saturated rings. The maximum atomic E-state index is 11.6. The number of rotatable bonds is 3. The van der Waals surface area contributed by atoms with E-state index in [1.54, 1.807) is 0 Å². The first-order valence-electron chi connectivity index (χ1n) is 5.87. The van der Waals surface area contributed by atoms with Crippen LogP contribution in [0.25, 0.3) is 0 Å². The van der Waals surface area contributed by atoms with E-state index in [4.69, 9.17) is 0 Å². The Hall–Kier alpha value is -0.570. The quantitative estimate of drug-likeness (QED) is 0.708. The summed E-state index contributed by atoms with van der Waals surface area (Å²) >= 11 is 0. The van der Waals surface area contributed by atoms with Crippen molar-refractivity contribution < 1.29 is 4.79 Å². The van der Waals surface area contributed by atoms with Crippen LogP contribution in [-0.4, -0.2) is 25.0 Å². The molecule has 2 N–H and O–H groups in total. The Morgan fingerprint density at radius 2 is 2.07 bits per heavy atom. The number of carbonyl (C=O) groups excluding carboxylic acids is 1. The van der Waals surface area contributed by atoms with E-state index in [0.29, 0.717) is 0 Å². The van der Waals surface area contributed by atoms with Gasteiger partial charge in [-0.3, -0.25) is 4.79 Å². The molecule has 80 valence electrons. The van der Waals surface area contributed by atoms with Crippen molar-refractivity contribution in [1.29, 1.82) is 0 Å². The zero-order valence-electron chi connectivity index (χ0n) is 8.72. The fraction of sp³-hybridized carbons (Fsp3) is 0.909. The summed E-state index contributed by atoms with van der Waals surface area (Å²) in [6.45, 7) is 1.90. The fourth-order valence-electron chi connectivity index (χ4n) is 2.14. The zero-order chi connectivity index (χ0) is 9.80. The van der Waals surface area contributed by atoms with Gasteiger partial charge in [0.2, 0.25) is 5.91 Å². The van der Waals surface area contributed by atoms with Crippen molar-refractivity contribution in [3.8, 4) is 0 Å². The van der Waals surface area contributed by atoms with Gasteiger partial charge >= 0.3 is 0 Å². The highest BCUT2D eigenvalue weighted by atomic mass is 16.2. The van der Waals surface area contributed by atoms with E-state index in [-0.39, 0.29) is 11.9 Å². The van der Waals surface area contributed by atoms with Crippen molar-refractivity contribution in [3.63, 3.8) is 0 Å². The molecule has 2 aliphatic rings. The van der Waals surface area contributed by atoms with Gasteiger partial charge in [0.1, 0.15) is 0 Å². The molecule has 1 heterocycles. The maximum Gasteiger partial charge on any atom is 0.237 e. The number of carbonyl (C=O) groups is 1. The molecule has 3 heteroatoms. The van der Waals surface area contributed by atoms with Gasteiger partial charge in [0.25, 0.3) is 0 Å². The van der Waals surface area contributed by atoms with Gasteiger partial charge in [-0.15, -0.1) is 0 Å². The number of nitrogens with one attached hydrogen (secondary N) is 2. The first kappa shape index (κ1) is 9.97. The van der Waals surface area contributed by atoms with Crippen LogP contribution in [0.5, 0.6) is 0 Å². The van der Waals surface area contributed by atoms with E-state index in [1.165, 1.54) is 25.7 Å². The topological polar surface area (TPSA) is 41.1 Å². The Morgan fingerprint density at radius 1 is 1.21 bits per heavy atom. The van der Waals surface area contributed by atoms with Crippen LogP contribution in [0.4, 0.5) is 0 Å². The highest BCUT2D eigenvalue weighted by Gasteiger charge is 2.23. The fourth-order valence-corrected chi connectivity index (χ4v) is 2.14. The van der Waals surface area contributed by atoms with Gasteiger partial charge in [-0.05, 0) is 44.6 Å². The van der Waals surface area contributed by atoms with Gasteiger partial charge < -0.3 is 10.6 Å².